The second-order valence-electron chi connectivity index (χ2n) is 10.9. The lowest BCUT2D eigenvalue weighted by Crippen LogP contribution is -2.36. The second kappa shape index (κ2) is 11.2. The maximum atomic E-state index is 13.0. The number of rotatable bonds is 9. The van der Waals surface area contributed by atoms with Gasteiger partial charge in [-0.3, -0.25) is 19.4 Å². The summed E-state index contributed by atoms with van der Waals surface area (Å²) in [6, 6.07) is 22.0. The highest BCUT2D eigenvalue weighted by atomic mass is 16.5. The number of nitrogens with zero attached hydrogens (tertiary/aromatic N) is 3. The minimum absolute atomic E-state index is 0.0817. The maximum absolute atomic E-state index is 13.0. The van der Waals surface area contributed by atoms with Crippen molar-refractivity contribution in [3.63, 3.8) is 0 Å². The highest BCUT2D eigenvalue weighted by Gasteiger charge is 2.36. The number of carbonyl (C=O) groups excluding carboxylic acids is 2. The van der Waals surface area contributed by atoms with E-state index in [2.05, 4.69) is 40.8 Å². The van der Waals surface area contributed by atoms with Crippen LogP contribution in [0.2, 0.25) is 0 Å². The van der Waals surface area contributed by atoms with Gasteiger partial charge >= 0.3 is 5.97 Å². The van der Waals surface area contributed by atoms with Crippen molar-refractivity contribution in [2.75, 3.05) is 32.8 Å². The van der Waals surface area contributed by atoms with Gasteiger partial charge in [-0.15, -0.1) is 0 Å². The van der Waals surface area contributed by atoms with Crippen LogP contribution in [0.1, 0.15) is 68.4 Å². The molecule has 8 nitrogen and oxygen atoms in total. The molecule has 3 aromatic carbocycles. The molecule has 4 aromatic rings. The van der Waals surface area contributed by atoms with E-state index >= 15 is 0 Å². The number of carboxylic acids is 1. The largest absolute Gasteiger partial charge is 0.491 e. The summed E-state index contributed by atoms with van der Waals surface area (Å²) < 4.78 is 8.03. The minimum Gasteiger partial charge on any atom is -0.491 e. The van der Waals surface area contributed by atoms with E-state index < -0.39 is 5.97 Å². The number of aromatic nitrogens is 1. The number of carbonyl (C=O) groups is 3. The standard InChI is InChI=1S/C33H33N3O5/c1-22(20-36-31(37)25-9-2-3-10-26(25)32(36)38)35-21-28(24-8-4-6-12-29(24)35)23-14-16-34(17-15-23)18-19-41-30-13-7-5-11-27(30)33(39)40/h2-13,21-23H,14-20H2,1H3,(H,39,40). The van der Waals surface area contributed by atoms with Gasteiger partial charge in [-0.25, -0.2) is 4.79 Å². The van der Waals surface area contributed by atoms with Crippen molar-refractivity contribution < 1.29 is 24.2 Å². The van der Waals surface area contributed by atoms with Crippen LogP contribution < -0.4 is 4.74 Å². The van der Waals surface area contributed by atoms with Crippen molar-refractivity contribution in [2.45, 2.75) is 31.7 Å². The van der Waals surface area contributed by atoms with E-state index in [0.29, 0.717) is 35.9 Å². The molecule has 2 aliphatic heterocycles. The van der Waals surface area contributed by atoms with E-state index in [-0.39, 0.29) is 23.4 Å². The Bertz CT molecular complexity index is 1580. The average Bonchev–Trinajstić information content (AvgIpc) is 3.49. The first-order chi connectivity index (χ1) is 19.9. The van der Waals surface area contributed by atoms with Gasteiger partial charge in [0.25, 0.3) is 11.8 Å². The van der Waals surface area contributed by atoms with Crippen LogP contribution in [0.5, 0.6) is 5.75 Å². The van der Waals surface area contributed by atoms with Crippen LogP contribution in [0.25, 0.3) is 10.9 Å². The fourth-order valence-electron chi connectivity index (χ4n) is 6.20. The molecule has 0 saturated carbocycles. The molecule has 1 unspecified atom stereocenters. The number of aromatic carboxylic acids is 1. The van der Waals surface area contributed by atoms with Gasteiger partial charge in [0, 0.05) is 36.2 Å². The Labute approximate surface area is 238 Å². The van der Waals surface area contributed by atoms with Crippen molar-refractivity contribution in [3.8, 4) is 5.75 Å². The van der Waals surface area contributed by atoms with Gasteiger partial charge in [0.05, 0.1) is 11.1 Å². The van der Waals surface area contributed by atoms with Crippen LogP contribution in [0.4, 0.5) is 0 Å². The monoisotopic (exact) mass is 551 g/mol. The molecule has 210 valence electrons. The summed E-state index contributed by atoms with van der Waals surface area (Å²) in [6.45, 7) is 5.40. The molecule has 6 rings (SSSR count). The summed E-state index contributed by atoms with van der Waals surface area (Å²) in [7, 11) is 0. The number of hydrogen-bond acceptors (Lipinski definition) is 5. The molecule has 1 saturated heterocycles. The molecule has 1 aromatic heterocycles. The topological polar surface area (TPSA) is 92.1 Å². The number of ether oxygens (including phenoxy) is 1. The molecule has 2 aliphatic rings. The zero-order valence-electron chi connectivity index (χ0n) is 23.0. The first-order valence-electron chi connectivity index (χ1n) is 14.1. The van der Waals surface area contributed by atoms with Gasteiger partial charge < -0.3 is 14.4 Å². The number of likely N-dealkylation sites (tertiary alicyclic amines) is 1. The highest BCUT2D eigenvalue weighted by molar-refractivity contribution is 6.21. The zero-order valence-corrected chi connectivity index (χ0v) is 23.0. The first-order valence-corrected chi connectivity index (χ1v) is 14.1. The summed E-state index contributed by atoms with van der Waals surface area (Å²) in [5, 5.41) is 10.6. The lowest BCUT2D eigenvalue weighted by Gasteiger charge is -2.32. The molecule has 2 amide bonds. The number of para-hydroxylation sites is 2. The fraction of sp³-hybridized carbons (Fsp3) is 0.303. The molecule has 1 fully saturated rings. The highest BCUT2D eigenvalue weighted by Crippen LogP contribution is 2.36. The maximum Gasteiger partial charge on any atom is 0.339 e. The Kier molecular flexibility index (Phi) is 7.32. The number of amides is 2. The SMILES string of the molecule is CC(CN1C(=O)c2ccccc2C1=O)n1cc(C2CCN(CCOc3ccccc3C(=O)O)CC2)c2ccccc21. The molecule has 0 aliphatic carbocycles. The van der Waals surface area contributed by atoms with Gasteiger partial charge in [-0.1, -0.05) is 42.5 Å². The Balaban J connectivity index is 1.11. The summed E-state index contributed by atoms with van der Waals surface area (Å²) in [4.78, 5) is 41.1. The summed E-state index contributed by atoms with van der Waals surface area (Å²) in [5.41, 5.74) is 3.55. The quantitative estimate of drug-likeness (QED) is 0.278. The van der Waals surface area contributed by atoms with E-state index in [1.54, 1.807) is 48.5 Å². The first kappa shape index (κ1) is 26.8. The van der Waals surface area contributed by atoms with E-state index in [1.807, 2.05) is 6.07 Å². The third-order valence-electron chi connectivity index (χ3n) is 8.38. The lowest BCUT2D eigenvalue weighted by atomic mass is 9.89. The predicted molar refractivity (Wildman–Crippen MR) is 156 cm³/mol. The molecule has 0 bridgehead atoms. The van der Waals surface area contributed by atoms with Crippen molar-refractivity contribution in [1.29, 1.82) is 0 Å². The number of piperidine rings is 1. The van der Waals surface area contributed by atoms with Gasteiger partial charge in [-0.2, -0.15) is 0 Å². The average molecular weight is 552 g/mol. The number of benzene rings is 3. The third-order valence-corrected chi connectivity index (χ3v) is 8.38. The Hall–Kier alpha value is -4.43. The molecular weight excluding hydrogens is 518 g/mol. The summed E-state index contributed by atoms with van der Waals surface area (Å²) >= 11 is 0. The zero-order chi connectivity index (χ0) is 28.5. The van der Waals surface area contributed by atoms with E-state index in [9.17, 15) is 19.5 Å². The third kappa shape index (κ3) is 5.11. The molecule has 0 radical (unpaired) electrons. The Morgan fingerprint density at radius 2 is 1.56 bits per heavy atom. The normalized spacial score (nSPS) is 16.8. The molecule has 0 spiro atoms. The molecule has 8 heteroatoms. The van der Waals surface area contributed by atoms with Crippen LogP contribution in [0.3, 0.4) is 0 Å². The fourth-order valence-corrected chi connectivity index (χ4v) is 6.20. The van der Waals surface area contributed by atoms with Crippen LogP contribution in [0, 0.1) is 0 Å². The van der Waals surface area contributed by atoms with Crippen molar-refractivity contribution >= 4 is 28.7 Å². The second-order valence-corrected chi connectivity index (χ2v) is 10.9. The summed E-state index contributed by atoms with van der Waals surface area (Å²) in [5.74, 6) is -0.636. The van der Waals surface area contributed by atoms with Crippen LogP contribution >= 0.6 is 0 Å². The Morgan fingerprint density at radius 3 is 2.27 bits per heavy atom. The van der Waals surface area contributed by atoms with Crippen molar-refractivity contribution in [3.05, 3.63) is 101 Å². The lowest BCUT2D eigenvalue weighted by molar-refractivity contribution is 0.0633. The minimum atomic E-state index is -0.987. The van der Waals surface area contributed by atoms with Crippen molar-refractivity contribution in [1.82, 2.24) is 14.4 Å². The van der Waals surface area contributed by atoms with Crippen LogP contribution in [0.15, 0.2) is 79.0 Å². The number of fused-ring (bicyclic) bond motifs is 2. The molecule has 41 heavy (non-hydrogen) atoms. The van der Waals surface area contributed by atoms with Gasteiger partial charge in [-0.05, 0) is 74.7 Å². The van der Waals surface area contributed by atoms with Crippen LogP contribution in [-0.2, 0) is 0 Å². The van der Waals surface area contributed by atoms with E-state index in [4.69, 9.17) is 4.74 Å². The number of hydrogen-bond donors (Lipinski definition) is 1. The Morgan fingerprint density at radius 1 is 0.927 bits per heavy atom. The van der Waals surface area contributed by atoms with Crippen molar-refractivity contribution in [2.24, 2.45) is 0 Å². The number of carboxylic acid groups (broad SMARTS) is 1. The van der Waals surface area contributed by atoms with Gasteiger partial charge in [0.2, 0.25) is 0 Å². The predicted octanol–water partition coefficient (Wildman–Crippen LogP) is 5.46. The van der Waals surface area contributed by atoms with Crippen LogP contribution in [-0.4, -0.2) is 70.0 Å². The molecule has 1 atom stereocenters. The molecular formula is C33H33N3O5. The summed E-state index contributed by atoms with van der Waals surface area (Å²) in [6.07, 6.45) is 4.23. The van der Waals surface area contributed by atoms with E-state index in [0.717, 1.165) is 38.0 Å². The van der Waals surface area contributed by atoms with Gasteiger partial charge in [0.15, 0.2) is 0 Å². The smallest absolute Gasteiger partial charge is 0.339 e. The van der Waals surface area contributed by atoms with Gasteiger partial charge in [0.1, 0.15) is 17.9 Å². The van der Waals surface area contributed by atoms with E-state index in [1.165, 1.54) is 15.8 Å². The number of imide groups is 1. The molecule has 1 N–H and O–H groups in total. The molecule has 3 heterocycles.